The number of carbonyl (C=O) groups is 1. The summed E-state index contributed by atoms with van der Waals surface area (Å²) < 4.78 is 12.5. The average molecular weight is 299 g/mol. The van der Waals surface area contributed by atoms with Gasteiger partial charge >= 0.3 is 0 Å². The molecule has 2 spiro atoms. The molecule has 3 fully saturated rings. The molecule has 0 radical (unpaired) electrons. The van der Waals surface area contributed by atoms with Crippen molar-refractivity contribution in [3.05, 3.63) is 23.3 Å². The second-order valence-electron chi connectivity index (χ2n) is 7.33. The Kier molecular flexibility index (Phi) is 1.81. The first-order chi connectivity index (χ1) is 10.7. The van der Waals surface area contributed by atoms with E-state index in [2.05, 4.69) is 4.90 Å². The molecular weight excluding hydrogens is 282 g/mol. The molecule has 4 unspecified atom stereocenters. The number of ether oxygens (including phenoxy) is 2. The fraction of sp³-hybridized carbons (Fsp3) is 0.588. The van der Waals surface area contributed by atoms with E-state index in [0.29, 0.717) is 24.9 Å². The van der Waals surface area contributed by atoms with E-state index in [4.69, 9.17) is 9.47 Å². The van der Waals surface area contributed by atoms with Crippen LogP contribution in [-0.2, 0) is 21.4 Å². The Balaban J connectivity index is 1.75. The van der Waals surface area contributed by atoms with Crippen LogP contribution in [0.25, 0.3) is 0 Å². The highest BCUT2D eigenvalue weighted by Gasteiger charge is 2.76. The fourth-order valence-electron chi connectivity index (χ4n) is 6.03. The molecule has 6 rings (SSSR count). The van der Waals surface area contributed by atoms with Crippen LogP contribution in [0.4, 0.5) is 0 Å². The van der Waals surface area contributed by atoms with Crippen LogP contribution in [0.15, 0.2) is 12.1 Å². The van der Waals surface area contributed by atoms with Crippen LogP contribution >= 0.6 is 0 Å². The number of carbonyl (C=O) groups excluding carboxylic acids is 1. The van der Waals surface area contributed by atoms with Gasteiger partial charge < -0.3 is 14.6 Å². The van der Waals surface area contributed by atoms with Gasteiger partial charge in [0.1, 0.15) is 12.3 Å². The molecule has 5 nitrogen and oxygen atoms in total. The van der Waals surface area contributed by atoms with Crippen molar-refractivity contribution >= 4 is 5.78 Å². The number of piperidine rings is 1. The van der Waals surface area contributed by atoms with E-state index in [1.807, 2.05) is 6.07 Å². The molecule has 22 heavy (non-hydrogen) atoms. The van der Waals surface area contributed by atoms with Crippen molar-refractivity contribution in [3.63, 3.8) is 0 Å². The summed E-state index contributed by atoms with van der Waals surface area (Å²) in [6.07, 6.45) is 2.62. The molecule has 5 heteroatoms. The van der Waals surface area contributed by atoms with Gasteiger partial charge in [-0.15, -0.1) is 0 Å². The predicted octanol–water partition coefficient (Wildman–Crippen LogP) is 1.11. The third kappa shape index (κ3) is 0.956. The SMILES string of the molecule is O=C1CCC23OCN4CCC25c2c(ccc(O)c2O[C@@H]15)CC43. The van der Waals surface area contributed by atoms with E-state index >= 15 is 0 Å². The third-order valence-corrected chi connectivity index (χ3v) is 6.82. The highest BCUT2D eigenvalue weighted by atomic mass is 16.5. The van der Waals surface area contributed by atoms with Crippen LogP contribution in [0.2, 0.25) is 0 Å². The lowest BCUT2D eigenvalue weighted by Crippen LogP contribution is -2.73. The highest BCUT2D eigenvalue weighted by molar-refractivity contribution is 5.90. The normalized spacial score (nSPS) is 46.4. The first-order valence-corrected chi connectivity index (χ1v) is 8.10. The lowest BCUT2D eigenvalue weighted by atomic mass is 9.49. The van der Waals surface area contributed by atoms with E-state index in [-0.39, 0.29) is 22.5 Å². The van der Waals surface area contributed by atoms with Crippen LogP contribution in [0, 0.1) is 0 Å². The zero-order valence-electron chi connectivity index (χ0n) is 12.2. The maximum Gasteiger partial charge on any atom is 0.174 e. The van der Waals surface area contributed by atoms with Crippen LogP contribution in [-0.4, -0.2) is 46.8 Å². The summed E-state index contributed by atoms with van der Waals surface area (Å²) in [5, 5.41) is 10.3. The van der Waals surface area contributed by atoms with E-state index in [0.717, 1.165) is 31.4 Å². The quantitative estimate of drug-likeness (QED) is 0.778. The van der Waals surface area contributed by atoms with Crippen molar-refractivity contribution in [2.75, 3.05) is 13.3 Å². The number of Topliss-reactive ketones (excluding diaryl/α,β-unsaturated/α-hetero) is 1. The first-order valence-electron chi connectivity index (χ1n) is 8.10. The van der Waals surface area contributed by atoms with Crippen molar-refractivity contribution in [2.45, 2.75) is 48.8 Å². The third-order valence-electron chi connectivity index (χ3n) is 6.82. The van der Waals surface area contributed by atoms with Gasteiger partial charge in [0.25, 0.3) is 0 Å². The van der Waals surface area contributed by atoms with Crippen molar-refractivity contribution in [1.82, 2.24) is 4.90 Å². The molecule has 4 bridgehead atoms. The fourth-order valence-corrected chi connectivity index (χ4v) is 6.03. The maximum absolute atomic E-state index is 12.6. The zero-order valence-corrected chi connectivity index (χ0v) is 12.2. The summed E-state index contributed by atoms with van der Waals surface area (Å²) in [4.78, 5) is 15.0. The number of hydrogen-bond acceptors (Lipinski definition) is 5. The van der Waals surface area contributed by atoms with Crippen molar-refractivity contribution < 1.29 is 19.4 Å². The van der Waals surface area contributed by atoms with Crippen LogP contribution < -0.4 is 4.74 Å². The second-order valence-corrected chi connectivity index (χ2v) is 7.33. The molecule has 1 aromatic rings. The molecule has 1 aromatic carbocycles. The Hall–Kier alpha value is -1.59. The van der Waals surface area contributed by atoms with Gasteiger partial charge in [-0.25, -0.2) is 0 Å². The van der Waals surface area contributed by atoms with Crippen molar-refractivity contribution in [2.24, 2.45) is 0 Å². The summed E-state index contributed by atoms with van der Waals surface area (Å²) in [5.41, 5.74) is 1.60. The molecule has 5 atom stereocenters. The molecule has 0 aromatic heterocycles. The molecule has 1 N–H and O–H groups in total. The molecule has 0 amide bonds. The van der Waals surface area contributed by atoms with Gasteiger partial charge in [0, 0.05) is 24.6 Å². The van der Waals surface area contributed by atoms with Crippen LogP contribution in [0.3, 0.4) is 0 Å². The minimum atomic E-state index is -0.480. The largest absolute Gasteiger partial charge is 0.504 e. The predicted molar refractivity (Wildman–Crippen MR) is 75.9 cm³/mol. The van der Waals surface area contributed by atoms with Crippen LogP contribution in [0.1, 0.15) is 30.4 Å². The summed E-state index contributed by atoms with van der Waals surface area (Å²) >= 11 is 0. The minimum absolute atomic E-state index is 0.157. The lowest BCUT2D eigenvalue weighted by molar-refractivity contribution is -0.159. The maximum atomic E-state index is 12.6. The van der Waals surface area contributed by atoms with E-state index in [9.17, 15) is 9.90 Å². The number of ketones is 1. The number of nitrogens with zero attached hydrogens (tertiary/aromatic N) is 1. The second kappa shape index (κ2) is 3.34. The van der Waals surface area contributed by atoms with Gasteiger partial charge in [0.05, 0.1) is 5.41 Å². The standard InChI is InChI=1S/C17H17NO4/c19-10-2-1-9-7-12-17-4-3-11(20)15-16(17,13(9)14(10)22-15)5-6-18(12)8-21-17/h1-2,12,15,19H,3-8H2/t12?,15-,16?,17?/m0/s1. The van der Waals surface area contributed by atoms with Crippen molar-refractivity contribution in [3.8, 4) is 11.5 Å². The van der Waals surface area contributed by atoms with Gasteiger partial charge in [0.15, 0.2) is 23.4 Å². The van der Waals surface area contributed by atoms with E-state index < -0.39 is 6.10 Å². The van der Waals surface area contributed by atoms with Gasteiger partial charge in [-0.2, -0.15) is 0 Å². The topological polar surface area (TPSA) is 59.0 Å². The number of aromatic hydroxyl groups is 1. The van der Waals surface area contributed by atoms with Crippen molar-refractivity contribution in [1.29, 1.82) is 0 Å². The Morgan fingerprint density at radius 2 is 2.23 bits per heavy atom. The smallest absolute Gasteiger partial charge is 0.174 e. The first kappa shape index (κ1) is 11.9. The Morgan fingerprint density at radius 1 is 1.32 bits per heavy atom. The molecule has 2 aliphatic carbocycles. The number of rotatable bonds is 0. The Morgan fingerprint density at radius 3 is 3.14 bits per heavy atom. The summed E-state index contributed by atoms with van der Waals surface area (Å²) in [5.74, 6) is 0.862. The Labute approximate surface area is 127 Å². The molecule has 3 aliphatic heterocycles. The lowest BCUT2D eigenvalue weighted by Gasteiger charge is -2.59. The summed E-state index contributed by atoms with van der Waals surface area (Å²) in [7, 11) is 0. The number of phenolic OH excluding ortho intramolecular Hbond substituents is 1. The van der Waals surface area contributed by atoms with Gasteiger partial charge in [-0.1, -0.05) is 6.07 Å². The van der Waals surface area contributed by atoms with Gasteiger partial charge in [0.2, 0.25) is 0 Å². The molecule has 2 saturated heterocycles. The average Bonchev–Trinajstić information content (AvgIpc) is 2.97. The van der Waals surface area contributed by atoms with Gasteiger partial charge in [-0.3, -0.25) is 9.69 Å². The van der Waals surface area contributed by atoms with E-state index in [1.165, 1.54) is 5.56 Å². The summed E-state index contributed by atoms with van der Waals surface area (Å²) in [6, 6.07) is 4.05. The molecular formula is C17H17NO4. The zero-order chi connectivity index (χ0) is 14.7. The molecule has 1 saturated carbocycles. The monoisotopic (exact) mass is 299 g/mol. The Bertz CT molecular complexity index is 746. The number of hydrogen-bond donors (Lipinski definition) is 1. The molecule has 3 heterocycles. The van der Waals surface area contributed by atoms with Gasteiger partial charge in [-0.05, 0) is 30.9 Å². The highest BCUT2D eigenvalue weighted by Crippen LogP contribution is 2.67. The van der Waals surface area contributed by atoms with Crippen LogP contribution in [0.5, 0.6) is 11.5 Å². The minimum Gasteiger partial charge on any atom is -0.504 e. The number of phenols is 1. The molecule has 114 valence electrons. The number of benzene rings is 1. The summed E-state index contributed by atoms with van der Waals surface area (Å²) in [6.45, 7) is 1.59. The van der Waals surface area contributed by atoms with E-state index in [1.54, 1.807) is 6.07 Å². The molecule has 5 aliphatic rings.